The number of fused-ring (bicyclic) bond motifs is 1. The second-order valence-corrected chi connectivity index (χ2v) is 9.55. The van der Waals surface area contributed by atoms with Gasteiger partial charge in [-0.25, -0.2) is 4.79 Å². The molecule has 3 aromatic rings. The Labute approximate surface area is 206 Å². The third kappa shape index (κ3) is 4.98. The highest BCUT2D eigenvalue weighted by Gasteiger charge is 2.31. The van der Waals surface area contributed by atoms with E-state index in [1.807, 2.05) is 50.2 Å². The molecule has 0 spiro atoms. The number of nitrogens with zero attached hydrogens (tertiary/aromatic N) is 2. The van der Waals surface area contributed by atoms with Crippen LogP contribution in [0.15, 0.2) is 42.5 Å². The zero-order valence-electron chi connectivity index (χ0n) is 20.3. The second kappa shape index (κ2) is 10.0. The molecule has 0 bridgehead atoms. The lowest BCUT2D eigenvalue weighted by Crippen LogP contribution is -2.35. The van der Waals surface area contributed by atoms with E-state index < -0.39 is 0 Å². The first kappa shape index (κ1) is 23.3. The highest BCUT2D eigenvalue weighted by molar-refractivity contribution is 5.96. The Morgan fingerprint density at radius 2 is 2.03 bits per heavy atom. The van der Waals surface area contributed by atoms with Gasteiger partial charge in [-0.15, -0.1) is 0 Å². The van der Waals surface area contributed by atoms with Gasteiger partial charge in [-0.05, 0) is 68.9 Å². The average Bonchev–Trinajstić information content (AvgIpc) is 3.46. The standard InChI is InChI=1S/C28H32N4O3/c1-3-18(2)30-28(33)31-20-8-6-19(7-9-20)27-25(16-29)24-13-12-22(35-17-23-5-4-14-34-23)15-26(24)32(27)21-10-11-21/h6-9,12-13,15,18,21,23H,3-5,10-11,14,17H2,1-2H3,(H2,30,31,33). The first-order valence-corrected chi connectivity index (χ1v) is 12.6. The maximum absolute atomic E-state index is 12.2. The Morgan fingerprint density at radius 1 is 1.23 bits per heavy atom. The molecule has 2 atom stereocenters. The summed E-state index contributed by atoms with van der Waals surface area (Å²) in [5.74, 6) is 0.801. The number of nitriles is 1. The minimum atomic E-state index is -0.215. The van der Waals surface area contributed by atoms with E-state index in [9.17, 15) is 10.1 Å². The second-order valence-electron chi connectivity index (χ2n) is 9.55. The Kier molecular flexibility index (Phi) is 6.65. The number of amides is 2. The SMILES string of the molecule is CCC(C)NC(=O)Nc1ccc(-c2c(C#N)c3ccc(OCC4CCCO4)cc3n2C2CC2)cc1. The van der Waals surface area contributed by atoms with E-state index in [0.29, 0.717) is 23.9 Å². The van der Waals surface area contributed by atoms with Crippen molar-refractivity contribution in [2.75, 3.05) is 18.5 Å². The number of ether oxygens (including phenoxy) is 2. The van der Waals surface area contributed by atoms with Gasteiger partial charge in [0.15, 0.2) is 0 Å². The fourth-order valence-electron chi connectivity index (χ4n) is 4.66. The molecule has 7 heteroatoms. The number of nitrogens with one attached hydrogen (secondary N) is 2. The number of anilines is 1. The third-order valence-electron chi connectivity index (χ3n) is 6.87. The van der Waals surface area contributed by atoms with Gasteiger partial charge < -0.3 is 24.7 Å². The van der Waals surface area contributed by atoms with Crippen LogP contribution in [0.25, 0.3) is 22.2 Å². The molecule has 2 aliphatic rings. The maximum atomic E-state index is 12.2. The van der Waals surface area contributed by atoms with Gasteiger partial charge in [0.25, 0.3) is 0 Å². The average molecular weight is 473 g/mol. The van der Waals surface area contributed by atoms with E-state index in [-0.39, 0.29) is 18.2 Å². The Bertz CT molecular complexity index is 1250. The van der Waals surface area contributed by atoms with Gasteiger partial charge in [-0.2, -0.15) is 5.26 Å². The van der Waals surface area contributed by atoms with Crippen molar-refractivity contribution in [1.82, 2.24) is 9.88 Å². The number of aromatic nitrogens is 1. The smallest absolute Gasteiger partial charge is 0.319 e. The van der Waals surface area contributed by atoms with E-state index in [1.165, 1.54) is 0 Å². The predicted octanol–water partition coefficient (Wildman–Crippen LogP) is 5.99. The van der Waals surface area contributed by atoms with Crippen molar-refractivity contribution >= 4 is 22.6 Å². The van der Waals surface area contributed by atoms with Crippen molar-refractivity contribution in [2.45, 2.75) is 64.1 Å². The van der Waals surface area contributed by atoms with Crippen molar-refractivity contribution < 1.29 is 14.3 Å². The van der Waals surface area contributed by atoms with Crippen LogP contribution in [0, 0.1) is 11.3 Å². The van der Waals surface area contributed by atoms with Gasteiger partial charge >= 0.3 is 6.03 Å². The molecule has 182 valence electrons. The third-order valence-corrected chi connectivity index (χ3v) is 6.87. The molecule has 2 fully saturated rings. The van der Waals surface area contributed by atoms with E-state index in [0.717, 1.165) is 66.6 Å². The summed E-state index contributed by atoms with van der Waals surface area (Å²) in [7, 11) is 0. The lowest BCUT2D eigenvalue weighted by atomic mass is 10.1. The number of carbonyl (C=O) groups excluding carboxylic acids is 1. The van der Waals surface area contributed by atoms with Crippen molar-refractivity contribution in [3.8, 4) is 23.1 Å². The van der Waals surface area contributed by atoms with Crippen LogP contribution in [0.1, 0.15) is 57.6 Å². The normalized spacial score (nSPS) is 18.3. The molecule has 7 nitrogen and oxygen atoms in total. The summed E-state index contributed by atoms with van der Waals surface area (Å²) in [5.41, 5.74) is 4.30. The number of carbonyl (C=O) groups is 1. The van der Waals surface area contributed by atoms with Crippen LogP contribution in [0.4, 0.5) is 10.5 Å². The number of hydrogen-bond donors (Lipinski definition) is 2. The Morgan fingerprint density at radius 3 is 2.69 bits per heavy atom. The molecule has 2 amide bonds. The minimum absolute atomic E-state index is 0.112. The molecular formula is C28H32N4O3. The van der Waals surface area contributed by atoms with E-state index in [4.69, 9.17) is 9.47 Å². The van der Waals surface area contributed by atoms with E-state index in [1.54, 1.807) is 0 Å². The number of rotatable bonds is 8. The molecule has 5 rings (SSSR count). The summed E-state index contributed by atoms with van der Waals surface area (Å²) >= 11 is 0. The van der Waals surface area contributed by atoms with E-state index in [2.05, 4.69) is 27.3 Å². The minimum Gasteiger partial charge on any atom is -0.491 e. The zero-order chi connectivity index (χ0) is 24.4. The zero-order valence-corrected chi connectivity index (χ0v) is 20.3. The van der Waals surface area contributed by atoms with Gasteiger partial charge in [-0.1, -0.05) is 19.1 Å². The molecule has 2 aromatic carbocycles. The van der Waals surface area contributed by atoms with Crippen LogP contribution in [-0.2, 0) is 4.74 Å². The van der Waals surface area contributed by atoms with Crippen molar-refractivity contribution in [1.29, 1.82) is 5.26 Å². The lowest BCUT2D eigenvalue weighted by molar-refractivity contribution is 0.0680. The fraction of sp³-hybridized carbons (Fsp3) is 0.429. The summed E-state index contributed by atoms with van der Waals surface area (Å²) in [5, 5.41) is 16.8. The molecule has 2 N–H and O–H groups in total. The number of hydrogen-bond acceptors (Lipinski definition) is 4. The van der Waals surface area contributed by atoms with Crippen LogP contribution in [0.5, 0.6) is 5.75 Å². The molecule has 2 unspecified atom stereocenters. The van der Waals surface area contributed by atoms with Crippen LogP contribution >= 0.6 is 0 Å². The molecule has 1 saturated carbocycles. The maximum Gasteiger partial charge on any atom is 0.319 e. The first-order valence-electron chi connectivity index (χ1n) is 12.6. The van der Waals surface area contributed by atoms with Gasteiger partial charge in [-0.3, -0.25) is 0 Å². The summed E-state index contributed by atoms with van der Waals surface area (Å²) in [6, 6.07) is 16.4. The summed E-state index contributed by atoms with van der Waals surface area (Å²) < 4.78 is 14.0. The fourth-order valence-corrected chi connectivity index (χ4v) is 4.66. The molecular weight excluding hydrogens is 440 g/mol. The summed E-state index contributed by atoms with van der Waals surface area (Å²) in [4.78, 5) is 12.2. The van der Waals surface area contributed by atoms with Crippen molar-refractivity contribution in [2.24, 2.45) is 0 Å². The van der Waals surface area contributed by atoms with Crippen LogP contribution in [0.2, 0.25) is 0 Å². The highest BCUT2D eigenvalue weighted by atomic mass is 16.5. The van der Waals surface area contributed by atoms with Crippen LogP contribution < -0.4 is 15.4 Å². The van der Waals surface area contributed by atoms with Gasteiger partial charge in [0.1, 0.15) is 18.4 Å². The molecule has 2 heterocycles. The number of urea groups is 1. The highest BCUT2D eigenvalue weighted by Crippen LogP contribution is 2.45. The van der Waals surface area contributed by atoms with Crippen molar-refractivity contribution in [3.63, 3.8) is 0 Å². The van der Waals surface area contributed by atoms with Crippen LogP contribution in [-0.4, -0.2) is 36.0 Å². The topological polar surface area (TPSA) is 88.3 Å². The largest absolute Gasteiger partial charge is 0.491 e. The first-order chi connectivity index (χ1) is 17.1. The molecule has 1 aliphatic heterocycles. The lowest BCUT2D eigenvalue weighted by Gasteiger charge is -2.14. The Balaban J connectivity index is 1.44. The summed E-state index contributed by atoms with van der Waals surface area (Å²) in [6.45, 7) is 5.36. The van der Waals surface area contributed by atoms with Gasteiger partial charge in [0.2, 0.25) is 0 Å². The molecule has 1 aromatic heterocycles. The quantitative estimate of drug-likeness (QED) is 0.421. The van der Waals surface area contributed by atoms with E-state index >= 15 is 0 Å². The molecule has 0 radical (unpaired) electrons. The summed E-state index contributed by atoms with van der Waals surface area (Å²) in [6.07, 6.45) is 5.34. The van der Waals surface area contributed by atoms with Gasteiger partial charge in [0.05, 0.1) is 22.9 Å². The molecule has 35 heavy (non-hydrogen) atoms. The van der Waals surface area contributed by atoms with Gasteiger partial charge in [0, 0.05) is 35.8 Å². The van der Waals surface area contributed by atoms with Crippen molar-refractivity contribution in [3.05, 3.63) is 48.0 Å². The Hall–Kier alpha value is -3.50. The monoisotopic (exact) mass is 472 g/mol. The molecule has 1 aliphatic carbocycles. The molecule has 1 saturated heterocycles. The number of benzene rings is 2. The predicted molar refractivity (Wildman–Crippen MR) is 137 cm³/mol. The van der Waals surface area contributed by atoms with Crippen LogP contribution in [0.3, 0.4) is 0 Å².